The van der Waals surface area contributed by atoms with Gasteiger partial charge in [0, 0.05) is 20.3 Å². The third-order valence-corrected chi connectivity index (χ3v) is 2.79. The summed E-state index contributed by atoms with van der Waals surface area (Å²) in [5.74, 6) is 0.428. The SMILES string of the molecule is CC(C)c1cnc2c(c1)n(C)c(=O)n2C. The van der Waals surface area contributed by atoms with Gasteiger partial charge in [0.2, 0.25) is 0 Å². The molecule has 0 N–H and O–H groups in total. The maximum Gasteiger partial charge on any atom is 0.329 e. The second-order valence-electron chi connectivity index (χ2n) is 4.17. The number of aryl methyl sites for hydroxylation is 2. The molecule has 2 heterocycles. The van der Waals surface area contributed by atoms with Gasteiger partial charge in [-0.25, -0.2) is 9.78 Å². The van der Waals surface area contributed by atoms with Crippen molar-refractivity contribution in [3.8, 4) is 0 Å². The van der Waals surface area contributed by atoms with Gasteiger partial charge in [-0.1, -0.05) is 13.8 Å². The van der Waals surface area contributed by atoms with E-state index in [1.165, 1.54) is 0 Å². The minimum absolute atomic E-state index is 0.0293. The Bertz CT molecular complexity index is 563. The summed E-state index contributed by atoms with van der Waals surface area (Å²) in [5, 5.41) is 0. The van der Waals surface area contributed by atoms with Gasteiger partial charge in [0.05, 0.1) is 5.52 Å². The highest BCUT2D eigenvalue weighted by Crippen LogP contribution is 2.17. The first-order valence-corrected chi connectivity index (χ1v) is 5.03. The number of nitrogens with zero attached hydrogens (tertiary/aromatic N) is 3. The van der Waals surface area contributed by atoms with Crippen molar-refractivity contribution in [2.75, 3.05) is 0 Å². The van der Waals surface area contributed by atoms with E-state index in [2.05, 4.69) is 18.8 Å². The fourth-order valence-electron chi connectivity index (χ4n) is 1.70. The van der Waals surface area contributed by atoms with Gasteiger partial charge >= 0.3 is 5.69 Å². The molecule has 0 aromatic carbocycles. The van der Waals surface area contributed by atoms with E-state index in [4.69, 9.17) is 0 Å². The van der Waals surface area contributed by atoms with Crippen molar-refractivity contribution in [1.82, 2.24) is 14.1 Å². The van der Waals surface area contributed by atoms with Crippen LogP contribution in [0.25, 0.3) is 11.2 Å². The molecule has 0 spiro atoms. The van der Waals surface area contributed by atoms with E-state index in [1.54, 1.807) is 23.2 Å². The van der Waals surface area contributed by atoms with E-state index in [9.17, 15) is 4.79 Å². The lowest BCUT2D eigenvalue weighted by atomic mass is 10.1. The minimum atomic E-state index is -0.0293. The van der Waals surface area contributed by atoms with Crippen molar-refractivity contribution in [1.29, 1.82) is 0 Å². The Morgan fingerprint density at radius 2 is 1.93 bits per heavy atom. The van der Waals surface area contributed by atoms with Crippen LogP contribution in [0.1, 0.15) is 25.3 Å². The Labute approximate surface area is 88.2 Å². The van der Waals surface area contributed by atoms with Gasteiger partial charge in [-0.05, 0) is 17.5 Å². The van der Waals surface area contributed by atoms with E-state index in [0.717, 1.165) is 16.7 Å². The lowest BCUT2D eigenvalue weighted by molar-refractivity contribution is 0.791. The first kappa shape index (κ1) is 9.96. The average molecular weight is 205 g/mol. The Balaban J connectivity index is 2.83. The Hall–Kier alpha value is -1.58. The second kappa shape index (κ2) is 3.22. The van der Waals surface area contributed by atoms with E-state index in [1.807, 2.05) is 12.3 Å². The van der Waals surface area contributed by atoms with Gasteiger partial charge in [-0.15, -0.1) is 0 Å². The van der Waals surface area contributed by atoms with Crippen LogP contribution in [0.4, 0.5) is 0 Å². The minimum Gasteiger partial charge on any atom is -0.293 e. The zero-order valence-electron chi connectivity index (χ0n) is 9.48. The van der Waals surface area contributed by atoms with Crippen molar-refractivity contribution in [2.24, 2.45) is 14.1 Å². The largest absolute Gasteiger partial charge is 0.329 e. The van der Waals surface area contributed by atoms with Crippen LogP contribution in [0.3, 0.4) is 0 Å². The molecule has 0 aliphatic rings. The van der Waals surface area contributed by atoms with Crippen LogP contribution in [0.5, 0.6) is 0 Å². The summed E-state index contributed by atoms with van der Waals surface area (Å²) in [4.78, 5) is 16.0. The number of pyridine rings is 1. The fraction of sp³-hybridized carbons (Fsp3) is 0.455. The number of hydrogen-bond acceptors (Lipinski definition) is 2. The second-order valence-corrected chi connectivity index (χ2v) is 4.17. The maximum absolute atomic E-state index is 11.7. The highest BCUT2D eigenvalue weighted by molar-refractivity contribution is 5.72. The van der Waals surface area contributed by atoms with Crippen molar-refractivity contribution in [3.63, 3.8) is 0 Å². The van der Waals surface area contributed by atoms with Crippen LogP contribution < -0.4 is 5.69 Å². The van der Waals surface area contributed by atoms with E-state index < -0.39 is 0 Å². The molecule has 0 unspecified atom stereocenters. The molecule has 0 amide bonds. The molecule has 0 radical (unpaired) electrons. The van der Waals surface area contributed by atoms with Crippen molar-refractivity contribution in [2.45, 2.75) is 19.8 Å². The molecule has 0 aliphatic carbocycles. The molecule has 0 saturated heterocycles. The van der Waals surface area contributed by atoms with Crippen molar-refractivity contribution < 1.29 is 0 Å². The van der Waals surface area contributed by atoms with Gasteiger partial charge in [0.25, 0.3) is 0 Å². The predicted molar refractivity (Wildman–Crippen MR) is 60.0 cm³/mol. The smallest absolute Gasteiger partial charge is 0.293 e. The Kier molecular flexibility index (Phi) is 2.14. The highest BCUT2D eigenvalue weighted by Gasteiger charge is 2.10. The lowest BCUT2D eigenvalue weighted by Crippen LogP contribution is -2.19. The number of aromatic nitrogens is 3. The molecule has 0 atom stereocenters. The summed E-state index contributed by atoms with van der Waals surface area (Å²) >= 11 is 0. The summed E-state index contributed by atoms with van der Waals surface area (Å²) in [6.07, 6.45) is 1.84. The number of fused-ring (bicyclic) bond motifs is 1. The molecule has 15 heavy (non-hydrogen) atoms. The topological polar surface area (TPSA) is 39.8 Å². The molecule has 0 saturated carbocycles. The fourth-order valence-corrected chi connectivity index (χ4v) is 1.70. The quantitative estimate of drug-likeness (QED) is 0.706. The van der Waals surface area contributed by atoms with Gasteiger partial charge < -0.3 is 0 Å². The summed E-state index contributed by atoms with van der Waals surface area (Å²) < 4.78 is 3.20. The van der Waals surface area contributed by atoms with Crippen LogP contribution in [-0.4, -0.2) is 14.1 Å². The van der Waals surface area contributed by atoms with Crippen LogP contribution in [0.2, 0.25) is 0 Å². The molecule has 0 aliphatic heterocycles. The molecule has 80 valence electrons. The normalized spacial score (nSPS) is 11.5. The molecule has 2 aromatic rings. The average Bonchev–Trinajstić information content (AvgIpc) is 2.44. The Morgan fingerprint density at radius 1 is 1.27 bits per heavy atom. The van der Waals surface area contributed by atoms with Crippen LogP contribution in [0.15, 0.2) is 17.1 Å². The van der Waals surface area contributed by atoms with Gasteiger partial charge in [0.15, 0.2) is 5.65 Å². The molecule has 2 rings (SSSR count). The first-order valence-electron chi connectivity index (χ1n) is 5.03. The third kappa shape index (κ3) is 1.37. The number of imidazole rings is 1. The first-order chi connectivity index (χ1) is 7.02. The van der Waals surface area contributed by atoms with Crippen molar-refractivity contribution >= 4 is 11.2 Å². The summed E-state index contributed by atoms with van der Waals surface area (Å²) in [5.41, 5.74) is 2.77. The summed E-state index contributed by atoms with van der Waals surface area (Å²) in [6.45, 7) is 4.23. The van der Waals surface area contributed by atoms with Crippen LogP contribution in [-0.2, 0) is 14.1 Å². The standard InChI is InChI=1S/C11H15N3O/c1-7(2)8-5-9-10(12-6-8)14(4)11(15)13(9)3/h5-7H,1-4H3. The summed E-state index contributed by atoms with van der Waals surface area (Å²) in [6, 6.07) is 2.04. The summed E-state index contributed by atoms with van der Waals surface area (Å²) in [7, 11) is 3.52. The molecular weight excluding hydrogens is 190 g/mol. The monoisotopic (exact) mass is 205 g/mol. The number of hydrogen-bond donors (Lipinski definition) is 0. The van der Waals surface area contributed by atoms with E-state index in [0.29, 0.717) is 5.92 Å². The van der Waals surface area contributed by atoms with Gasteiger partial charge in [-0.2, -0.15) is 0 Å². The molecule has 2 aromatic heterocycles. The lowest BCUT2D eigenvalue weighted by Gasteiger charge is -2.04. The highest BCUT2D eigenvalue weighted by atomic mass is 16.1. The van der Waals surface area contributed by atoms with Crippen LogP contribution >= 0.6 is 0 Å². The van der Waals surface area contributed by atoms with Crippen LogP contribution in [0, 0.1) is 0 Å². The maximum atomic E-state index is 11.7. The molecule has 4 nitrogen and oxygen atoms in total. The molecular formula is C11H15N3O. The predicted octanol–water partition coefficient (Wildman–Crippen LogP) is 1.40. The molecule has 4 heteroatoms. The van der Waals surface area contributed by atoms with E-state index in [-0.39, 0.29) is 5.69 Å². The van der Waals surface area contributed by atoms with Gasteiger partial charge in [0.1, 0.15) is 0 Å². The zero-order valence-corrected chi connectivity index (χ0v) is 9.48. The van der Waals surface area contributed by atoms with E-state index >= 15 is 0 Å². The van der Waals surface area contributed by atoms with Gasteiger partial charge in [-0.3, -0.25) is 9.13 Å². The molecule has 0 bridgehead atoms. The Morgan fingerprint density at radius 3 is 2.53 bits per heavy atom. The number of rotatable bonds is 1. The molecule has 0 fully saturated rings. The van der Waals surface area contributed by atoms with Crippen molar-refractivity contribution in [3.05, 3.63) is 28.3 Å². The zero-order chi connectivity index (χ0) is 11.2. The third-order valence-electron chi connectivity index (χ3n) is 2.79.